The van der Waals surface area contributed by atoms with Crippen LogP contribution in [-0.2, 0) is 0 Å². The van der Waals surface area contributed by atoms with E-state index in [1.165, 1.54) is 6.21 Å². The predicted octanol–water partition coefficient (Wildman–Crippen LogP) is 7.83. The molecule has 1 aromatic heterocycles. The summed E-state index contributed by atoms with van der Waals surface area (Å²) < 4.78 is 11.2. The molecular weight excluding hydrogens is 561 g/mol. The van der Waals surface area contributed by atoms with Crippen molar-refractivity contribution in [2.45, 2.75) is 13.8 Å². The third-order valence-electron chi connectivity index (χ3n) is 6.25. The number of hydrazone groups is 1. The fourth-order valence-electron chi connectivity index (χ4n) is 4.34. The lowest BCUT2D eigenvalue weighted by Crippen LogP contribution is -2.19. The Kier molecular flexibility index (Phi) is 8.38. The number of aromatic nitrogens is 1. The Balaban J connectivity index is 1.37. The number of amides is 1. The Morgan fingerprint density at radius 1 is 0.951 bits per heavy atom. The molecule has 0 radical (unpaired) electrons. The molecule has 0 atom stereocenters. The highest BCUT2D eigenvalue weighted by Crippen LogP contribution is 2.37. The van der Waals surface area contributed by atoms with Gasteiger partial charge in [0.05, 0.1) is 18.4 Å². The maximum atomic E-state index is 13.3. The monoisotopic (exact) mass is 585 g/mol. The molecule has 2 N–H and O–H groups in total. The summed E-state index contributed by atoms with van der Waals surface area (Å²) in [5.74, 6) is -0.356. The van der Waals surface area contributed by atoms with Gasteiger partial charge in [-0.25, -0.2) is 10.2 Å². The molecule has 0 unspecified atom stereocenters. The third-order valence-corrected chi connectivity index (χ3v) is 6.84. The number of hydrogen-bond donors (Lipinski definition) is 2. The smallest absolute Gasteiger partial charge is 0.343 e. The van der Waals surface area contributed by atoms with E-state index >= 15 is 0 Å². The van der Waals surface area contributed by atoms with Gasteiger partial charge >= 0.3 is 5.97 Å². The fourth-order valence-corrected chi connectivity index (χ4v) is 4.70. The van der Waals surface area contributed by atoms with Crippen molar-refractivity contribution in [3.8, 4) is 22.6 Å². The Hall–Kier alpha value is -4.59. The van der Waals surface area contributed by atoms with E-state index in [1.54, 1.807) is 48.5 Å². The molecular formula is C32H25Cl2N3O4. The molecule has 0 spiro atoms. The average molecular weight is 586 g/mol. The van der Waals surface area contributed by atoms with Gasteiger partial charge in [-0.1, -0.05) is 53.0 Å². The Labute approximate surface area is 246 Å². The number of fused-ring (bicyclic) bond motifs is 1. The molecule has 0 aliphatic rings. The lowest BCUT2D eigenvalue weighted by molar-refractivity contribution is 0.0728. The maximum absolute atomic E-state index is 13.3. The van der Waals surface area contributed by atoms with Gasteiger partial charge in [0, 0.05) is 32.1 Å². The van der Waals surface area contributed by atoms with Crippen molar-refractivity contribution in [2.24, 2.45) is 5.10 Å². The summed E-state index contributed by atoms with van der Waals surface area (Å²) in [6, 6.07) is 24.7. The molecule has 41 heavy (non-hydrogen) atoms. The molecule has 5 aromatic rings. The number of aromatic amines is 1. The van der Waals surface area contributed by atoms with E-state index in [2.05, 4.69) is 15.5 Å². The second-order valence-electron chi connectivity index (χ2n) is 9.14. The number of nitrogens with zero attached hydrogens (tertiary/aromatic N) is 1. The first kappa shape index (κ1) is 28.0. The minimum Gasteiger partial charge on any atom is -0.490 e. The van der Waals surface area contributed by atoms with Gasteiger partial charge in [-0.15, -0.1) is 0 Å². The van der Waals surface area contributed by atoms with E-state index in [4.69, 9.17) is 32.7 Å². The standard InChI is InChI=1S/C32H25Cl2N3O4/c1-3-40-28-17-20(9-15-27(28)41-32(39)21-10-12-22(33)13-11-21)18-35-37-31(38)30-29(23-6-4-5-7-25(23)34)24-16-19(2)8-14-26(24)36-30/h4-18,36H,3H2,1-2H3,(H,37,38). The molecule has 206 valence electrons. The van der Waals surface area contributed by atoms with Gasteiger partial charge in [-0.3, -0.25) is 4.79 Å². The first-order valence-electron chi connectivity index (χ1n) is 12.8. The number of nitrogens with one attached hydrogen (secondary N) is 2. The van der Waals surface area contributed by atoms with Crippen molar-refractivity contribution < 1.29 is 19.1 Å². The number of H-pyrrole nitrogens is 1. The van der Waals surface area contributed by atoms with Crippen molar-refractivity contribution in [1.29, 1.82) is 0 Å². The van der Waals surface area contributed by atoms with Crippen LogP contribution in [0.25, 0.3) is 22.0 Å². The lowest BCUT2D eigenvalue weighted by Gasteiger charge is -2.11. The van der Waals surface area contributed by atoms with Crippen LogP contribution in [0.4, 0.5) is 0 Å². The molecule has 7 nitrogen and oxygen atoms in total. The summed E-state index contributed by atoms with van der Waals surface area (Å²) >= 11 is 12.4. The van der Waals surface area contributed by atoms with Gasteiger partial charge in [-0.2, -0.15) is 5.10 Å². The van der Waals surface area contributed by atoms with Crippen LogP contribution in [0.15, 0.2) is 90.0 Å². The summed E-state index contributed by atoms with van der Waals surface area (Å²) in [5, 5.41) is 6.10. The van der Waals surface area contributed by atoms with Crippen LogP contribution in [0.3, 0.4) is 0 Å². The topological polar surface area (TPSA) is 92.8 Å². The normalized spacial score (nSPS) is 11.1. The molecule has 0 fully saturated rings. The SMILES string of the molecule is CCOc1cc(C=NNC(=O)c2[nH]c3ccc(C)cc3c2-c2ccccc2Cl)ccc1OC(=O)c1ccc(Cl)cc1. The molecule has 0 saturated carbocycles. The van der Waals surface area contributed by atoms with Gasteiger partial charge in [0.25, 0.3) is 5.91 Å². The Morgan fingerprint density at radius 2 is 1.73 bits per heavy atom. The van der Waals surface area contributed by atoms with Crippen molar-refractivity contribution in [1.82, 2.24) is 10.4 Å². The highest BCUT2D eigenvalue weighted by atomic mass is 35.5. The van der Waals surface area contributed by atoms with Gasteiger partial charge in [0.1, 0.15) is 5.69 Å². The molecule has 5 rings (SSSR count). The first-order chi connectivity index (χ1) is 19.8. The number of ether oxygens (including phenoxy) is 2. The molecule has 1 heterocycles. The van der Waals surface area contributed by atoms with Crippen molar-refractivity contribution in [2.75, 3.05) is 6.61 Å². The maximum Gasteiger partial charge on any atom is 0.343 e. The van der Waals surface area contributed by atoms with Crippen molar-refractivity contribution in [3.63, 3.8) is 0 Å². The Bertz CT molecular complexity index is 1780. The minimum absolute atomic E-state index is 0.255. The van der Waals surface area contributed by atoms with Crippen LogP contribution in [0.1, 0.15) is 38.9 Å². The second-order valence-corrected chi connectivity index (χ2v) is 9.98. The van der Waals surface area contributed by atoms with Crippen LogP contribution in [0, 0.1) is 6.92 Å². The summed E-state index contributed by atoms with van der Waals surface area (Å²) in [7, 11) is 0. The number of hydrogen-bond acceptors (Lipinski definition) is 5. The van der Waals surface area contributed by atoms with E-state index in [9.17, 15) is 9.59 Å². The number of carbonyl (C=O) groups is 2. The zero-order valence-corrected chi connectivity index (χ0v) is 23.7. The average Bonchev–Trinajstić information content (AvgIpc) is 3.33. The number of rotatable bonds is 8. The zero-order valence-electron chi connectivity index (χ0n) is 22.2. The van der Waals surface area contributed by atoms with Crippen LogP contribution in [0.2, 0.25) is 10.0 Å². The summed E-state index contributed by atoms with van der Waals surface area (Å²) in [4.78, 5) is 29.1. The highest BCUT2D eigenvalue weighted by molar-refractivity contribution is 6.34. The van der Waals surface area contributed by atoms with E-state index < -0.39 is 11.9 Å². The number of halogens is 2. The van der Waals surface area contributed by atoms with Gasteiger partial charge in [0.15, 0.2) is 11.5 Å². The van der Waals surface area contributed by atoms with Crippen LogP contribution in [0.5, 0.6) is 11.5 Å². The van der Waals surface area contributed by atoms with E-state index in [0.29, 0.717) is 44.8 Å². The van der Waals surface area contributed by atoms with Crippen LogP contribution >= 0.6 is 23.2 Å². The molecule has 9 heteroatoms. The molecule has 0 saturated heterocycles. The van der Waals surface area contributed by atoms with Crippen LogP contribution < -0.4 is 14.9 Å². The molecule has 1 amide bonds. The quantitative estimate of drug-likeness (QED) is 0.0839. The second kappa shape index (κ2) is 12.3. The number of esters is 1. The van der Waals surface area contributed by atoms with Gasteiger partial charge in [0.2, 0.25) is 0 Å². The Morgan fingerprint density at radius 3 is 2.49 bits per heavy atom. The summed E-state index contributed by atoms with van der Waals surface area (Å²) in [6.45, 7) is 4.17. The predicted molar refractivity (Wildman–Crippen MR) is 163 cm³/mol. The number of carbonyl (C=O) groups excluding carboxylic acids is 2. The van der Waals surface area contributed by atoms with E-state index in [1.807, 2.05) is 50.2 Å². The zero-order chi connectivity index (χ0) is 28.9. The number of benzene rings is 4. The third kappa shape index (κ3) is 6.27. The molecule has 0 aliphatic heterocycles. The fraction of sp³-hybridized carbons (Fsp3) is 0.0938. The van der Waals surface area contributed by atoms with Crippen LogP contribution in [-0.4, -0.2) is 29.7 Å². The van der Waals surface area contributed by atoms with E-state index in [0.717, 1.165) is 22.0 Å². The van der Waals surface area contributed by atoms with Crippen molar-refractivity contribution in [3.05, 3.63) is 117 Å². The summed E-state index contributed by atoms with van der Waals surface area (Å²) in [5.41, 5.74) is 7.23. The first-order valence-corrected chi connectivity index (χ1v) is 13.5. The van der Waals surface area contributed by atoms with Crippen molar-refractivity contribution >= 4 is 52.2 Å². The largest absolute Gasteiger partial charge is 0.490 e. The number of aryl methyl sites for hydroxylation is 1. The minimum atomic E-state index is -0.542. The molecule has 0 aliphatic carbocycles. The molecule has 0 bridgehead atoms. The molecule has 4 aromatic carbocycles. The van der Waals surface area contributed by atoms with E-state index in [-0.39, 0.29) is 5.75 Å². The van der Waals surface area contributed by atoms with Gasteiger partial charge in [-0.05, 0) is 80.1 Å². The van der Waals surface area contributed by atoms with Gasteiger partial charge < -0.3 is 14.5 Å². The lowest BCUT2D eigenvalue weighted by atomic mass is 10.0. The highest BCUT2D eigenvalue weighted by Gasteiger charge is 2.21. The summed E-state index contributed by atoms with van der Waals surface area (Å²) in [6.07, 6.45) is 1.48.